The van der Waals surface area contributed by atoms with Gasteiger partial charge in [0.15, 0.2) is 0 Å². The molecule has 16 heavy (non-hydrogen) atoms. The molecule has 2 amide bonds. The normalized spacial score (nSPS) is 13.4. The third-order valence-corrected chi connectivity index (χ3v) is 2.11. The Kier molecular flexibility index (Phi) is 5.48. The van der Waals surface area contributed by atoms with Crippen LogP contribution in [0.3, 0.4) is 0 Å². The molecule has 4 heteroatoms. The van der Waals surface area contributed by atoms with E-state index in [1.807, 2.05) is 34.6 Å². The van der Waals surface area contributed by atoms with E-state index < -0.39 is 11.5 Å². The number of hydrogen-bond donors (Lipinski definition) is 2. The van der Waals surface area contributed by atoms with Crippen molar-refractivity contribution >= 4 is 11.8 Å². The molecular weight excluding hydrogens is 204 g/mol. The molecule has 1 atom stereocenters. The van der Waals surface area contributed by atoms with Gasteiger partial charge in [-0.3, -0.25) is 9.59 Å². The van der Waals surface area contributed by atoms with Crippen molar-refractivity contribution in [3.05, 3.63) is 0 Å². The van der Waals surface area contributed by atoms with Gasteiger partial charge in [-0.15, -0.1) is 0 Å². The van der Waals surface area contributed by atoms with Crippen molar-refractivity contribution in [1.29, 1.82) is 0 Å². The standard InChI is InChI=1S/C12H24N2O2/c1-8(2)7-13-10(15)9(3)14-11(16)12(4,5)6/h8-9H,7H2,1-6H3,(H,13,15)(H,14,16). The van der Waals surface area contributed by atoms with Gasteiger partial charge in [0, 0.05) is 12.0 Å². The summed E-state index contributed by atoms with van der Waals surface area (Å²) in [7, 11) is 0. The molecule has 0 saturated heterocycles. The Morgan fingerprint density at radius 3 is 2.00 bits per heavy atom. The molecule has 0 aliphatic carbocycles. The molecule has 0 aromatic rings. The van der Waals surface area contributed by atoms with Crippen LogP contribution in [0.4, 0.5) is 0 Å². The molecule has 4 nitrogen and oxygen atoms in total. The van der Waals surface area contributed by atoms with Crippen molar-refractivity contribution in [3.8, 4) is 0 Å². The SMILES string of the molecule is CC(C)CNC(=O)C(C)NC(=O)C(C)(C)C. The largest absolute Gasteiger partial charge is 0.354 e. The predicted octanol–water partition coefficient (Wildman–Crippen LogP) is 1.31. The lowest BCUT2D eigenvalue weighted by molar-refractivity contribution is -0.133. The van der Waals surface area contributed by atoms with Crippen LogP contribution in [0, 0.1) is 11.3 Å². The van der Waals surface area contributed by atoms with Crippen molar-refractivity contribution < 1.29 is 9.59 Å². The van der Waals surface area contributed by atoms with E-state index in [1.54, 1.807) is 6.92 Å². The van der Waals surface area contributed by atoms with Crippen LogP contribution >= 0.6 is 0 Å². The molecule has 1 unspecified atom stereocenters. The summed E-state index contributed by atoms with van der Waals surface area (Å²) in [5, 5.41) is 5.48. The van der Waals surface area contributed by atoms with Crippen LogP contribution < -0.4 is 10.6 Å². The number of carbonyl (C=O) groups excluding carboxylic acids is 2. The Bertz CT molecular complexity index is 254. The molecule has 0 heterocycles. The molecule has 0 rings (SSSR count). The molecular formula is C12H24N2O2. The molecule has 94 valence electrons. The average Bonchev–Trinajstić information content (AvgIpc) is 2.12. The van der Waals surface area contributed by atoms with E-state index in [4.69, 9.17) is 0 Å². The van der Waals surface area contributed by atoms with E-state index >= 15 is 0 Å². The molecule has 0 aliphatic heterocycles. The maximum atomic E-state index is 11.6. The maximum absolute atomic E-state index is 11.6. The second-order valence-corrected chi connectivity index (χ2v) is 5.58. The summed E-state index contributed by atoms with van der Waals surface area (Å²) in [6, 6.07) is -0.481. The molecule has 0 radical (unpaired) electrons. The Morgan fingerprint density at radius 2 is 1.62 bits per heavy atom. The van der Waals surface area contributed by atoms with Crippen molar-refractivity contribution in [2.45, 2.75) is 47.6 Å². The quantitative estimate of drug-likeness (QED) is 0.762. The van der Waals surface area contributed by atoms with Crippen LogP contribution in [0.5, 0.6) is 0 Å². The minimum absolute atomic E-state index is 0.111. The topological polar surface area (TPSA) is 58.2 Å². The first-order valence-electron chi connectivity index (χ1n) is 5.73. The van der Waals surface area contributed by atoms with Crippen LogP contribution in [0.1, 0.15) is 41.5 Å². The van der Waals surface area contributed by atoms with E-state index in [-0.39, 0.29) is 11.8 Å². The summed E-state index contributed by atoms with van der Waals surface area (Å²) in [5.74, 6) is 0.167. The van der Waals surface area contributed by atoms with E-state index in [0.717, 1.165) is 0 Å². The fourth-order valence-corrected chi connectivity index (χ4v) is 0.937. The summed E-state index contributed by atoms with van der Waals surface area (Å²) in [6.45, 7) is 11.8. The average molecular weight is 228 g/mol. The van der Waals surface area contributed by atoms with Crippen molar-refractivity contribution in [1.82, 2.24) is 10.6 Å². The minimum atomic E-state index is -0.481. The van der Waals surface area contributed by atoms with Crippen LogP contribution in [0.15, 0.2) is 0 Å². The number of amides is 2. The maximum Gasteiger partial charge on any atom is 0.242 e. The molecule has 0 aromatic heterocycles. The zero-order valence-corrected chi connectivity index (χ0v) is 11.2. The molecule has 0 fully saturated rings. The fourth-order valence-electron chi connectivity index (χ4n) is 0.937. The summed E-state index contributed by atoms with van der Waals surface area (Å²) < 4.78 is 0. The van der Waals surface area contributed by atoms with Crippen molar-refractivity contribution in [3.63, 3.8) is 0 Å². The highest BCUT2D eigenvalue weighted by Gasteiger charge is 2.24. The van der Waals surface area contributed by atoms with Crippen LogP contribution in [0.2, 0.25) is 0 Å². The van der Waals surface area contributed by atoms with Crippen molar-refractivity contribution in [2.24, 2.45) is 11.3 Å². The zero-order valence-electron chi connectivity index (χ0n) is 11.2. The van der Waals surface area contributed by atoms with Gasteiger partial charge < -0.3 is 10.6 Å². The second kappa shape index (κ2) is 5.87. The summed E-state index contributed by atoms with van der Waals surface area (Å²) in [6.07, 6.45) is 0. The molecule has 0 bridgehead atoms. The zero-order chi connectivity index (χ0) is 12.9. The van der Waals surface area contributed by atoms with Crippen LogP contribution in [-0.4, -0.2) is 24.4 Å². The fraction of sp³-hybridized carbons (Fsp3) is 0.833. The minimum Gasteiger partial charge on any atom is -0.354 e. The van der Waals surface area contributed by atoms with E-state index in [1.165, 1.54) is 0 Å². The number of rotatable bonds is 4. The molecule has 2 N–H and O–H groups in total. The lowest BCUT2D eigenvalue weighted by Crippen LogP contribution is -2.48. The molecule has 0 spiro atoms. The van der Waals surface area contributed by atoms with E-state index in [0.29, 0.717) is 12.5 Å². The third kappa shape index (κ3) is 5.73. The van der Waals surface area contributed by atoms with Gasteiger partial charge in [-0.25, -0.2) is 0 Å². The van der Waals surface area contributed by atoms with Crippen LogP contribution in [0.25, 0.3) is 0 Å². The Hall–Kier alpha value is -1.06. The Balaban J connectivity index is 4.11. The number of carbonyl (C=O) groups is 2. The lowest BCUT2D eigenvalue weighted by Gasteiger charge is -2.21. The van der Waals surface area contributed by atoms with Gasteiger partial charge in [-0.1, -0.05) is 34.6 Å². The highest BCUT2D eigenvalue weighted by Crippen LogP contribution is 2.12. The smallest absolute Gasteiger partial charge is 0.242 e. The highest BCUT2D eigenvalue weighted by atomic mass is 16.2. The Morgan fingerprint density at radius 1 is 1.12 bits per heavy atom. The molecule has 0 aromatic carbocycles. The second-order valence-electron chi connectivity index (χ2n) is 5.58. The first-order chi connectivity index (χ1) is 7.14. The van der Waals surface area contributed by atoms with E-state index in [2.05, 4.69) is 10.6 Å². The van der Waals surface area contributed by atoms with Gasteiger partial charge in [-0.05, 0) is 12.8 Å². The van der Waals surface area contributed by atoms with Crippen LogP contribution in [-0.2, 0) is 9.59 Å². The van der Waals surface area contributed by atoms with Gasteiger partial charge in [0.25, 0.3) is 0 Å². The van der Waals surface area contributed by atoms with Crippen molar-refractivity contribution in [2.75, 3.05) is 6.54 Å². The van der Waals surface area contributed by atoms with Gasteiger partial charge in [0.05, 0.1) is 0 Å². The third-order valence-electron chi connectivity index (χ3n) is 2.11. The summed E-state index contributed by atoms with van der Waals surface area (Å²) >= 11 is 0. The number of nitrogens with one attached hydrogen (secondary N) is 2. The predicted molar refractivity (Wildman–Crippen MR) is 64.9 cm³/mol. The van der Waals surface area contributed by atoms with Gasteiger partial charge >= 0.3 is 0 Å². The Labute approximate surface area is 98.2 Å². The summed E-state index contributed by atoms with van der Waals surface area (Å²) in [5.41, 5.74) is -0.466. The lowest BCUT2D eigenvalue weighted by atomic mass is 9.95. The first-order valence-corrected chi connectivity index (χ1v) is 5.73. The van der Waals surface area contributed by atoms with E-state index in [9.17, 15) is 9.59 Å². The number of hydrogen-bond acceptors (Lipinski definition) is 2. The van der Waals surface area contributed by atoms with Gasteiger partial charge in [0.2, 0.25) is 11.8 Å². The molecule has 0 saturated carbocycles. The highest BCUT2D eigenvalue weighted by molar-refractivity contribution is 5.89. The van der Waals surface area contributed by atoms with Gasteiger partial charge in [-0.2, -0.15) is 0 Å². The first kappa shape index (κ1) is 14.9. The monoisotopic (exact) mass is 228 g/mol. The molecule has 0 aliphatic rings. The summed E-state index contributed by atoms with van der Waals surface area (Å²) in [4.78, 5) is 23.2. The van der Waals surface area contributed by atoms with Gasteiger partial charge in [0.1, 0.15) is 6.04 Å².